The van der Waals surface area contributed by atoms with Gasteiger partial charge in [0.1, 0.15) is 5.75 Å². The van der Waals surface area contributed by atoms with Gasteiger partial charge in [-0.1, -0.05) is 11.2 Å². The summed E-state index contributed by atoms with van der Waals surface area (Å²) < 4.78 is 6.23. The molecular weight excluding hydrogens is 405 g/mol. The highest BCUT2D eigenvalue weighted by atomic mass is 127. The minimum atomic E-state index is -0.286. The second kappa shape index (κ2) is 6.76. The molecule has 2 rings (SSSR count). The smallest absolute Gasteiger partial charge is 0.256 e. The molecule has 4 N–H and O–H groups in total. The van der Waals surface area contributed by atoms with Crippen LogP contribution in [0.15, 0.2) is 34.8 Å². The third-order valence-electron chi connectivity index (χ3n) is 2.70. The number of methoxy groups -OCH3 is 1. The molecule has 0 aliphatic heterocycles. The Morgan fingerprint density at radius 3 is 2.86 bits per heavy atom. The minimum absolute atomic E-state index is 0.107. The van der Waals surface area contributed by atoms with Crippen LogP contribution in [0.25, 0.3) is 0 Å². The van der Waals surface area contributed by atoms with Crippen molar-refractivity contribution in [1.82, 2.24) is 0 Å². The molecule has 6 nitrogen and oxygen atoms in total. The number of hydrogen-bond donors (Lipinski definition) is 3. The first-order chi connectivity index (χ1) is 10.1. The average Bonchev–Trinajstić information content (AvgIpc) is 2.93. The van der Waals surface area contributed by atoms with Gasteiger partial charge in [-0.3, -0.25) is 4.79 Å². The summed E-state index contributed by atoms with van der Waals surface area (Å²) in [5.41, 5.74) is 6.92. The molecule has 1 aromatic carbocycles. The molecule has 0 atom stereocenters. The fourth-order valence-corrected chi connectivity index (χ4v) is 3.04. The lowest BCUT2D eigenvalue weighted by molar-refractivity contribution is 0.102. The van der Waals surface area contributed by atoms with Crippen molar-refractivity contribution >= 4 is 51.4 Å². The molecule has 0 aliphatic carbocycles. The van der Waals surface area contributed by atoms with E-state index in [9.17, 15) is 4.79 Å². The number of nitrogens with two attached hydrogens (primary N) is 1. The number of benzene rings is 1. The second-order valence-electron chi connectivity index (χ2n) is 3.96. The van der Waals surface area contributed by atoms with Gasteiger partial charge in [-0.2, -0.15) is 0 Å². The van der Waals surface area contributed by atoms with Crippen LogP contribution in [0.2, 0.25) is 0 Å². The van der Waals surface area contributed by atoms with E-state index >= 15 is 0 Å². The normalized spacial score (nSPS) is 11.2. The highest BCUT2D eigenvalue weighted by Gasteiger charge is 2.16. The first-order valence-corrected chi connectivity index (χ1v) is 7.73. The molecule has 1 amide bonds. The number of amides is 1. The van der Waals surface area contributed by atoms with Gasteiger partial charge in [0.25, 0.3) is 5.91 Å². The standard InChI is InChI=1S/C13H12IN3O3S/c1-20-9-4-2-3-8(12(15)17-19)11(9)16-13(18)7-5-10(14)21-6-7/h2-6,19H,1H3,(H2,15,17)(H,16,18). The average molecular weight is 417 g/mol. The van der Waals surface area contributed by atoms with Crippen molar-refractivity contribution in [2.24, 2.45) is 10.9 Å². The van der Waals surface area contributed by atoms with Crippen LogP contribution in [0.1, 0.15) is 15.9 Å². The Hall–Kier alpha value is -1.81. The first kappa shape index (κ1) is 15.6. The number of carbonyl (C=O) groups is 1. The number of carbonyl (C=O) groups excluding carboxylic acids is 1. The van der Waals surface area contributed by atoms with Gasteiger partial charge >= 0.3 is 0 Å². The SMILES string of the molecule is COc1cccc(/C(N)=N/O)c1NC(=O)c1csc(I)c1. The first-order valence-electron chi connectivity index (χ1n) is 5.77. The van der Waals surface area contributed by atoms with Gasteiger partial charge in [0.15, 0.2) is 5.84 Å². The number of halogens is 1. The predicted octanol–water partition coefficient (Wildman–Crippen LogP) is 2.71. The fourth-order valence-electron chi connectivity index (χ4n) is 1.71. The molecule has 1 heterocycles. The van der Waals surface area contributed by atoms with Crippen molar-refractivity contribution in [2.45, 2.75) is 0 Å². The molecule has 0 saturated heterocycles. The number of amidine groups is 1. The summed E-state index contributed by atoms with van der Waals surface area (Å²) in [7, 11) is 1.48. The van der Waals surface area contributed by atoms with E-state index in [4.69, 9.17) is 15.7 Å². The highest BCUT2D eigenvalue weighted by molar-refractivity contribution is 14.1. The molecule has 0 bridgehead atoms. The number of ether oxygens (including phenoxy) is 1. The van der Waals surface area contributed by atoms with Gasteiger partial charge in [-0.05, 0) is 40.8 Å². The van der Waals surface area contributed by atoms with Gasteiger partial charge < -0.3 is 21.0 Å². The van der Waals surface area contributed by atoms with E-state index in [1.165, 1.54) is 18.4 Å². The van der Waals surface area contributed by atoms with Gasteiger partial charge in [-0.15, -0.1) is 11.3 Å². The Bertz CT molecular complexity index is 700. The van der Waals surface area contributed by atoms with Crippen molar-refractivity contribution in [3.05, 3.63) is 43.7 Å². The van der Waals surface area contributed by atoms with Crippen LogP contribution in [0.4, 0.5) is 5.69 Å². The third-order valence-corrected chi connectivity index (χ3v) is 4.49. The Morgan fingerprint density at radius 1 is 1.52 bits per heavy atom. The van der Waals surface area contributed by atoms with E-state index in [1.807, 2.05) is 0 Å². The Balaban J connectivity index is 2.40. The maximum Gasteiger partial charge on any atom is 0.256 e. The van der Waals surface area contributed by atoms with Crippen molar-refractivity contribution in [1.29, 1.82) is 0 Å². The molecule has 0 spiro atoms. The Morgan fingerprint density at radius 2 is 2.29 bits per heavy atom. The molecule has 110 valence electrons. The monoisotopic (exact) mass is 417 g/mol. The number of nitrogens with one attached hydrogen (secondary N) is 1. The number of thiophene rings is 1. The minimum Gasteiger partial charge on any atom is -0.495 e. The van der Waals surface area contributed by atoms with E-state index < -0.39 is 0 Å². The zero-order valence-corrected chi connectivity index (χ0v) is 13.9. The van der Waals surface area contributed by atoms with E-state index in [0.717, 1.165) is 2.88 Å². The molecule has 0 fully saturated rings. The number of oxime groups is 1. The van der Waals surface area contributed by atoms with E-state index in [-0.39, 0.29) is 11.7 Å². The zero-order chi connectivity index (χ0) is 15.4. The summed E-state index contributed by atoms with van der Waals surface area (Å²) in [4.78, 5) is 12.3. The molecule has 0 radical (unpaired) electrons. The molecular formula is C13H12IN3O3S. The number of para-hydroxylation sites is 1. The van der Waals surface area contributed by atoms with Crippen molar-refractivity contribution in [3.8, 4) is 5.75 Å². The molecule has 0 aliphatic rings. The lowest BCUT2D eigenvalue weighted by Gasteiger charge is -2.13. The Labute approximate surface area is 138 Å². The number of rotatable bonds is 4. The van der Waals surface area contributed by atoms with Crippen LogP contribution in [0.3, 0.4) is 0 Å². The fraction of sp³-hybridized carbons (Fsp3) is 0.0769. The maximum absolute atomic E-state index is 12.3. The van der Waals surface area contributed by atoms with E-state index in [0.29, 0.717) is 22.6 Å². The lowest BCUT2D eigenvalue weighted by atomic mass is 10.1. The molecule has 2 aromatic rings. The quantitative estimate of drug-likeness (QED) is 0.234. The summed E-state index contributed by atoms with van der Waals surface area (Å²) >= 11 is 3.62. The van der Waals surface area contributed by atoms with Crippen LogP contribution in [0.5, 0.6) is 5.75 Å². The third kappa shape index (κ3) is 3.45. The van der Waals surface area contributed by atoms with Crippen LogP contribution in [-0.2, 0) is 0 Å². The lowest BCUT2D eigenvalue weighted by Crippen LogP contribution is -2.19. The second-order valence-corrected chi connectivity index (χ2v) is 6.77. The number of nitrogens with zero attached hydrogens (tertiary/aromatic N) is 1. The predicted molar refractivity (Wildman–Crippen MR) is 90.5 cm³/mol. The van der Waals surface area contributed by atoms with Gasteiger partial charge in [-0.25, -0.2) is 0 Å². The van der Waals surface area contributed by atoms with E-state index in [2.05, 4.69) is 33.1 Å². The molecule has 21 heavy (non-hydrogen) atoms. The molecule has 1 aromatic heterocycles. The largest absolute Gasteiger partial charge is 0.495 e. The van der Waals surface area contributed by atoms with Gasteiger partial charge in [0.05, 0.1) is 21.2 Å². The van der Waals surface area contributed by atoms with Crippen LogP contribution >= 0.6 is 33.9 Å². The van der Waals surface area contributed by atoms with Crippen LogP contribution in [-0.4, -0.2) is 24.1 Å². The summed E-state index contributed by atoms with van der Waals surface area (Å²) in [6.07, 6.45) is 0. The number of hydrogen-bond acceptors (Lipinski definition) is 5. The van der Waals surface area contributed by atoms with Crippen molar-refractivity contribution < 1.29 is 14.7 Å². The maximum atomic E-state index is 12.3. The summed E-state index contributed by atoms with van der Waals surface area (Å²) in [5, 5.41) is 16.3. The van der Waals surface area contributed by atoms with Crippen LogP contribution < -0.4 is 15.8 Å². The van der Waals surface area contributed by atoms with Gasteiger partial charge in [0, 0.05) is 10.9 Å². The highest BCUT2D eigenvalue weighted by Crippen LogP contribution is 2.29. The van der Waals surface area contributed by atoms with Crippen molar-refractivity contribution in [3.63, 3.8) is 0 Å². The molecule has 0 saturated carbocycles. The number of anilines is 1. The van der Waals surface area contributed by atoms with E-state index in [1.54, 1.807) is 29.6 Å². The summed E-state index contributed by atoms with van der Waals surface area (Å²) in [6.45, 7) is 0. The zero-order valence-electron chi connectivity index (χ0n) is 11.0. The van der Waals surface area contributed by atoms with Crippen molar-refractivity contribution in [2.75, 3.05) is 12.4 Å². The summed E-state index contributed by atoms with van der Waals surface area (Å²) in [6, 6.07) is 6.78. The summed E-state index contributed by atoms with van der Waals surface area (Å²) in [5.74, 6) is 0.0344. The van der Waals surface area contributed by atoms with Crippen LogP contribution in [0, 0.1) is 2.88 Å². The molecule has 8 heteroatoms. The topological polar surface area (TPSA) is 96.9 Å². The van der Waals surface area contributed by atoms with Gasteiger partial charge in [0.2, 0.25) is 0 Å². The Kier molecular flexibility index (Phi) is 5.02. The molecule has 0 unspecified atom stereocenters.